The van der Waals surface area contributed by atoms with Crippen molar-refractivity contribution in [3.63, 3.8) is 0 Å². The van der Waals surface area contributed by atoms with Crippen molar-refractivity contribution in [1.82, 2.24) is 5.32 Å². The Morgan fingerprint density at radius 3 is 2.21 bits per heavy atom. The fourth-order valence-corrected chi connectivity index (χ4v) is 4.66. The first-order chi connectivity index (χ1) is 20.0. The summed E-state index contributed by atoms with van der Waals surface area (Å²) < 4.78 is 11.6. The number of nitrogens with one attached hydrogen (secondary N) is 1. The number of methoxy groups -OCH3 is 2. The number of rotatable bonds is 5. The average Bonchev–Trinajstić information content (AvgIpc) is 3.09. The lowest BCUT2D eigenvalue weighted by Crippen LogP contribution is -2.42. The van der Waals surface area contributed by atoms with Crippen LogP contribution in [0.2, 0.25) is 0 Å². The number of ether oxygens (including phenoxy) is 2. The van der Waals surface area contributed by atoms with E-state index in [0.29, 0.717) is 45.2 Å². The Hall–Kier alpha value is -5.28. The molecule has 0 fully saturated rings. The van der Waals surface area contributed by atoms with E-state index in [1.54, 1.807) is 38.3 Å². The molecule has 3 aromatic carbocycles. The van der Waals surface area contributed by atoms with Gasteiger partial charge in [0.2, 0.25) is 5.91 Å². The molecular formula is C33H32N4O5. The highest BCUT2D eigenvalue weighted by Crippen LogP contribution is 2.48. The van der Waals surface area contributed by atoms with E-state index >= 15 is 0 Å². The van der Waals surface area contributed by atoms with Crippen molar-refractivity contribution in [2.75, 3.05) is 32.7 Å². The minimum atomic E-state index is -1.13. The van der Waals surface area contributed by atoms with Crippen LogP contribution in [0.3, 0.4) is 0 Å². The zero-order chi connectivity index (χ0) is 30.6. The number of benzene rings is 3. The summed E-state index contributed by atoms with van der Waals surface area (Å²) in [5.41, 5.74) is 4.84. The second kappa shape index (κ2) is 12.1. The molecule has 0 radical (unpaired) electrons. The molecule has 1 aliphatic rings. The maximum Gasteiger partial charge on any atom is 0.405 e. The molecule has 0 bridgehead atoms. The molecule has 1 heterocycles. The lowest BCUT2D eigenvalue weighted by atomic mass is 9.87. The van der Waals surface area contributed by atoms with E-state index in [1.807, 2.05) is 63.2 Å². The molecule has 9 nitrogen and oxygen atoms in total. The molecular weight excluding hydrogens is 532 g/mol. The van der Waals surface area contributed by atoms with Crippen LogP contribution < -0.4 is 19.7 Å². The lowest BCUT2D eigenvalue weighted by Gasteiger charge is -2.26. The van der Waals surface area contributed by atoms with Gasteiger partial charge in [0.1, 0.15) is 6.54 Å². The van der Waals surface area contributed by atoms with Crippen LogP contribution in [-0.2, 0) is 4.79 Å². The number of hydrogen-bond acceptors (Lipinski definition) is 6. The van der Waals surface area contributed by atoms with E-state index in [2.05, 4.69) is 28.2 Å². The number of nitriles is 1. The van der Waals surface area contributed by atoms with Crippen molar-refractivity contribution in [3.05, 3.63) is 76.9 Å². The number of likely N-dealkylation sites (N-methyl/N-ethyl adjacent to an activating group) is 1. The second-order valence-corrected chi connectivity index (χ2v) is 10.8. The first-order valence-corrected chi connectivity index (χ1v) is 13.2. The summed E-state index contributed by atoms with van der Waals surface area (Å²) in [6.07, 6.45) is -1.13. The normalized spacial score (nSPS) is 13.4. The Balaban J connectivity index is 1.89. The highest BCUT2D eigenvalue weighted by atomic mass is 16.5. The molecule has 42 heavy (non-hydrogen) atoms. The number of aliphatic imine (C=N–C) groups is 1. The number of carbonyl (C=O) groups excluding carboxylic acids is 1. The van der Waals surface area contributed by atoms with E-state index in [1.165, 1.54) is 0 Å². The van der Waals surface area contributed by atoms with Crippen molar-refractivity contribution in [2.45, 2.75) is 26.8 Å². The van der Waals surface area contributed by atoms with Gasteiger partial charge in [-0.15, -0.1) is 0 Å². The Bertz CT molecular complexity index is 1650. The van der Waals surface area contributed by atoms with Gasteiger partial charge in [-0.05, 0) is 41.3 Å². The van der Waals surface area contributed by atoms with Gasteiger partial charge in [-0.3, -0.25) is 9.79 Å². The number of nitrogens with zero attached hydrogens (tertiary/aromatic N) is 3. The fourth-order valence-electron chi connectivity index (χ4n) is 4.66. The molecule has 1 aliphatic heterocycles. The van der Waals surface area contributed by atoms with Gasteiger partial charge in [-0.25, -0.2) is 4.79 Å². The molecule has 0 saturated carbocycles. The fraction of sp³-hybridized carbons (Fsp3) is 0.273. The summed E-state index contributed by atoms with van der Waals surface area (Å²) in [5.74, 6) is 6.83. The van der Waals surface area contributed by atoms with Crippen LogP contribution in [0.4, 0.5) is 10.5 Å². The Morgan fingerprint density at radius 2 is 1.67 bits per heavy atom. The molecule has 2 amide bonds. The van der Waals surface area contributed by atoms with Crippen LogP contribution in [-0.4, -0.2) is 56.7 Å². The highest BCUT2D eigenvalue weighted by Gasteiger charge is 2.31. The standard InChI is InChI=1S/C33H32N4O5/c1-33(2,3)26(36-32(39)40)16-11-20-7-12-22(13-8-20)28-30-24(17-25(41-5)31(28)42-6)29(35-19-27(38)37(30)4)23-14-9-21(18-34)10-15-23/h7-10,12-15,17,26,36H,19H2,1-6H3,(H,39,40). The van der Waals surface area contributed by atoms with Gasteiger partial charge in [-0.1, -0.05) is 56.9 Å². The van der Waals surface area contributed by atoms with Crippen molar-refractivity contribution < 1.29 is 24.2 Å². The monoisotopic (exact) mass is 564 g/mol. The van der Waals surface area contributed by atoms with Crippen LogP contribution in [0.15, 0.2) is 59.6 Å². The minimum absolute atomic E-state index is 0.0571. The van der Waals surface area contributed by atoms with Gasteiger partial charge < -0.3 is 24.8 Å². The van der Waals surface area contributed by atoms with Gasteiger partial charge >= 0.3 is 6.09 Å². The molecule has 4 rings (SSSR count). The van der Waals surface area contributed by atoms with Crippen LogP contribution in [0, 0.1) is 28.6 Å². The summed E-state index contributed by atoms with van der Waals surface area (Å²) in [6.45, 7) is 5.69. The van der Waals surface area contributed by atoms with E-state index in [4.69, 9.17) is 9.47 Å². The molecule has 2 N–H and O–H groups in total. The topological polar surface area (TPSA) is 124 Å². The van der Waals surface area contributed by atoms with Crippen molar-refractivity contribution in [3.8, 4) is 40.5 Å². The Labute approximate surface area is 245 Å². The number of amides is 2. The molecule has 3 aromatic rings. The third kappa shape index (κ3) is 6.06. The zero-order valence-electron chi connectivity index (χ0n) is 24.4. The lowest BCUT2D eigenvalue weighted by molar-refractivity contribution is -0.116. The number of carbonyl (C=O) groups is 2. The SMILES string of the molecule is COc1cc2c(c(-c3ccc(C#CC(NC(=O)O)C(C)(C)C)cc3)c1OC)N(C)C(=O)CN=C2c1ccc(C#N)cc1. The highest BCUT2D eigenvalue weighted by molar-refractivity contribution is 6.22. The summed E-state index contributed by atoms with van der Waals surface area (Å²) in [6, 6.07) is 17.8. The summed E-state index contributed by atoms with van der Waals surface area (Å²) in [5, 5.41) is 20.9. The Kier molecular flexibility index (Phi) is 8.54. The van der Waals surface area contributed by atoms with Gasteiger partial charge in [0, 0.05) is 23.7 Å². The van der Waals surface area contributed by atoms with Crippen LogP contribution >= 0.6 is 0 Å². The maximum absolute atomic E-state index is 13.2. The molecule has 0 aliphatic carbocycles. The zero-order valence-corrected chi connectivity index (χ0v) is 24.4. The second-order valence-electron chi connectivity index (χ2n) is 10.8. The number of anilines is 1. The molecule has 0 saturated heterocycles. The van der Waals surface area contributed by atoms with E-state index in [9.17, 15) is 20.0 Å². The first kappa shape index (κ1) is 29.7. The molecule has 0 aromatic heterocycles. The number of benzodiazepines with no additional fused rings is 1. The predicted octanol–water partition coefficient (Wildman–Crippen LogP) is 5.09. The smallest absolute Gasteiger partial charge is 0.405 e. The van der Waals surface area contributed by atoms with E-state index in [0.717, 1.165) is 11.1 Å². The van der Waals surface area contributed by atoms with Gasteiger partial charge in [0.15, 0.2) is 11.5 Å². The maximum atomic E-state index is 13.2. The predicted molar refractivity (Wildman–Crippen MR) is 161 cm³/mol. The van der Waals surface area contributed by atoms with Gasteiger partial charge in [0.05, 0.1) is 48.9 Å². The number of fused-ring (bicyclic) bond motifs is 1. The third-order valence-electron chi connectivity index (χ3n) is 6.94. The third-order valence-corrected chi connectivity index (χ3v) is 6.94. The van der Waals surface area contributed by atoms with E-state index in [-0.39, 0.29) is 12.5 Å². The van der Waals surface area contributed by atoms with Crippen LogP contribution in [0.25, 0.3) is 11.1 Å². The average molecular weight is 565 g/mol. The number of hydrogen-bond donors (Lipinski definition) is 2. The quantitative estimate of drug-likeness (QED) is 0.416. The Morgan fingerprint density at radius 1 is 1.05 bits per heavy atom. The van der Waals surface area contributed by atoms with E-state index < -0.39 is 17.6 Å². The summed E-state index contributed by atoms with van der Waals surface area (Å²) >= 11 is 0. The number of carboxylic acid groups (broad SMARTS) is 1. The summed E-state index contributed by atoms with van der Waals surface area (Å²) in [7, 11) is 4.80. The largest absolute Gasteiger partial charge is 0.493 e. The van der Waals surface area contributed by atoms with Crippen molar-refractivity contribution >= 4 is 23.4 Å². The van der Waals surface area contributed by atoms with Gasteiger partial charge in [0.25, 0.3) is 0 Å². The first-order valence-electron chi connectivity index (χ1n) is 13.2. The minimum Gasteiger partial charge on any atom is -0.493 e. The summed E-state index contributed by atoms with van der Waals surface area (Å²) in [4.78, 5) is 30.7. The van der Waals surface area contributed by atoms with Crippen molar-refractivity contribution in [1.29, 1.82) is 5.26 Å². The molecule has 214 valence electrons. The molecule has 0 spiro atoms. The molecule has 1 unspecified atom stereocenters. The molecule has 9 heteroatoms. The van der Waals surface area contributed by atoms with Crippen LogP contribution in [0.5, 0.6) is 11.5 Å². The van der Waals surface area contributed by atoms with Gasteiger partial charge in [-0.2, -0.15) is 5.26 Å². The van der Waals surface area contributed by atoms with Crippen molar-refractivity contribution in [2.24, 2.45) is 10.4 Å². The molecule has 1 atom stereocenters. The van der Waals surface area contributed by atoms with Crippen LogP contribution in [0.1, 0.15) is 43.0 Å².